The molecule has 3 heterocycles. The summed E-state index contributed by atoms with van der Waals surface area (Å²) in [5, 5.41) is 0.212. The van der Waals surface area contributed by atoms with E-state index in [4.69, 9.17) is 33.2 Å². The first-order chi connectivity index (χ1) is 23.0. The van der Waals surface area contributed by atoms with E-state index in [1.54, 1.807) is 24.3 Å². The van der Waals surface area contributed by atoms with Crippen molar-refractivity contribution in [2.24, 2.45) is 4.99 Å². The highest BCUT2D eigenvalue weighted by atomic mass is 32.2. The molecule has 2 aromatic carbocycles. The van der Waals surface area contributed by atoms with Crippen LogP contribution in [0, 0.1) is 0 Å². The third-order valence-electron chi connectivity index (χ3n) is 7.25. The highest BCUT2D eigenvalue weighted by molar-refractivity contribution is 8.14. The molecule has 0 spiro atoms. The molecular formula is C33H34N2O12S. The quantitative estimate of drug-likeness (QED) is 0.204. The Morgan fingerprint density at radius 2 is 1.54 bits per heavy atom. The maximum Gasteiger partial charge on any atom is 0.303 e. The van der Waals surface area contributed by atoms with Gasteiger partial charge in [-0.25, -0.2) is 4.99 Å². The zero-order valence-corrected chi connectivity index (χ0v) is 27.4. The molecule has 2 aromatic rings. The van der Waals surface area contributed by atoms with Crippen molar-refractivity contribution in [2.45, 2.75) is 64.0 Å². The molecule has 5 rings (SSSR count). The van der Waals surface area contributed by atoms with Crippen LogP contribution in [0.5, 0.6) is 11.5 Å². The van der Waals surface area contributed by atoms with Crippen molar-refractivity contribution in [3.63, 3.8) is 0 Å². The van der Waals surface area contributed by atoms with E-state index >= 15 is 0 Å². The number of esters is 4. The number of carbonyl (C=O) groups excluding carboxylic acids is 5. The van der Waals surface area contributed by atoms with Crippen molar-refractivity contribution in [1.82, 2.24) is 4.90 Å². The van der Waals surface area contributed by atoms with Crippen LogP contribution in [0.25, 0.3) is 6.08 Å². The van der Waals surface area contributed by atoms with Gasteiger partial charge < -0.3 is 33.2 Å². The van der Waals surface area contributed by atoms with Crippen LogP contribution in [-0.4, -0.2) is 89.6 Å². The summed E-state index contributed by atoms with van der Waals surface area (Å²) in [5.74, 6) is -2.13. The summed E-state index contributed by atoms with van der Waals surface area (Å²) < 4.78 is 38.9. The lowest BCUT2D eigenvalue weighted by molar-refractivity contribution is -0.237. The Morgan fingerprint density at radius 1 is 0.875 bits per heavy atom. The molecule has 0 radical (unpaired) electrons. The predicted octanol–water partition coefficient (Wildman–Crippen LogP) is 3.01. The second-order valence-corrected chi connectivity index (χ2v) is 12.0. The van der Waals surface area contributed by atoms with Gasteiger partial charge in [-0.05, 0) is 35.8 Å². The van der Waals surface area contributed by atoms with E-state index < -0.39 is 59.6 Å². The number of ether oxygens (including phenoxy) is 7. The van der Waals surface area contributed by atoms with Gasteiger partial charge in [0.25, 0.3) is 5.91 Å². The molecule has 0 N–H and O–H groups in total. The number of thioether (sulfide) groups is 1. The SMILES string of the molecule is CC(=O)OC[C@H]1O[C@@H](SC2=N/C(=C\c3ccc4c(c3)OCO4)C(=O)N2CCc2ccccc2)[C@H](OC(C)=O)[C@@H](OC(C)=O)[C@@H]1OC(C)=O. The topological polar surface area (TPSA) is 166 Å². The van der Waals surface area contributed by atoms with E-state index in [2.05, 4.69) is 4.99 Å². The molecule has 3 aliphatic heterocycles. The lowest BCUT2D eigenvalue weighted by Gasteiger charge is -2.44. The van der Waals surface area contributed by atoms with Crippen LogP contribution in [0.2, 0.25) is 0 Å². The van der Waals surface area contributed by atoms with Crippen molar-refractivity contribution < 1.29 is 57.1 Å². The van der Waals surface area contributed by atoms with Crippen molar-refractivity contribution in [2.75, 3.05) is 19.9 Å². The van der Waals surface area contributed by atoms with Gasteiger partial charge in [0.2, 0.25) is 6.79 Å². The van der Waals surface area contributed by atoms with Crippen LogP contribution < -0.4 is 9.47 Å². The first-order valence-electron chi connectivity index (χ1n) is 15.0. The molecule has 1 amide bonds. The molecule has 0 aromatic heterocycles. The van der Waals surface area contributed by atoms with Gasteiger partial charge in [0.15, 0.2) is 40.4 Å². The average Bonchev–Trinajstić information content (AvgIpc) is 3.61. The van der Waals surface area contributed by atoms with E-state index in [-0.39, 0.29) is 30.8 Å². The lowest BCUT2D eigenvalue weighted by atomic mass is 9.99. The minimum absolute atomic E-state index is 0.0937. The molecule has 1 fully saturated rings. The zero-order valence-electron chi connectivity index (χ0n) is 26.6. The smallest absolute Gasteiger partial charge is 0.303 e. The lowest BCUT2D eigenvalue weighted by Crippen LogP contribution is -2.61. The van der Waals surface area contributed by atoms with E-state index in [0.717, 1.165) is 38.1 Å². The molecule has 5 atom stereocenters. The van der Waals surface area contributed by atoms with Crippen LogP contribution in [0.3, 0.4) is 0 Å². The summed E-state index contributed by atoms with van der Waals surface area (Å²) in [6, 6.07) is 14.8. The number of rotatable bonds is 10. The monoisotopic (exact) mass is 682 g/mol. The number of benzene rings is 2. The summed E-state index contributed by atoms with van der Waals surface area (Å²) in [7, 11) is 0. The fourth-order valence-corrected chi connectivity index (χ4v) is 6.45. The Morgan fingerprint density at radius 3 is 2.23 bits per heavy atom. The van der Waals surface area contributed by atoms with Crippen molar-refractivity contribution in [1.29, 1.82) is 0 Å². The minimum atomic E-state index is -1.36. The molecule has 0 bridgehead atoms. The largest absolute Gasteiger partial charge is 0.463 e. The zero-order chi connectivity index (χ0) is 34.4. The number of hydrogen-bond donors (Lipinski definition) is 0. The number of amides is 1. The maximum absolute atomic E-state index is 13.9. The van der Waals surface area contributed by atoms with Gasteiger partial charge in [0.1, 0.15) is 18.4 Å². The summed E-state index contributed by atoms with van der Waals surface area (Å²) in [6.45, 7) is 4.59. The Labute approximate surface area is 280 Å². The number of nitrogens with zero attached hydrogens (tertiary/aromatic N) is 2. The summed E-state index contributed by atoms with van der Waals surface area (Å²) in [5.41, 5.74) is 0.583. The second-order valence-electron chi connectivity index (χ2n) is 10.9. The number of hydrogen-bond acceptors (Lipinski definition) is 14. The Kier molecular flexibility index (Phi) is 11.0. The second kappa shape index (κ2) is 15.3. The van der Waals surface area contributed by atoms with Gasteiger partial charge in [-0.2, -0.15) is 0 Å². The van der Waals surface area contributed by atoms with Crippen LogP contribution in [0.15, 0.2) is 59.2 Å². The predicted molar refractivity (Wildman–Crippen MR) is 169 cm³/mol. The summed E-state index contributed by atoms with van der Waals surface area (Å²) in [4.78, 5) is 68.4. The third-order valence-corrected chi connectivity index (χ3v) is 8.38. The number of fused-ring (bicyclic) bond motifs is 1. The standard InChI is InChI=1S/C33H34N2O12S/c1-18(36)41-16-27-28(44-19(2)37)29(45-20(3)38)30(46-21(4)39)32(47-27)48-33-34-24(14-23-10-11-25-26(15-23)43-17-42-25)31(40)35(33)13-12-22-8-6-5-7-9-22/h5-11,14-15,27-30,32H,12-13,16-17H2,1-4H3/b24-14-/t27-,28-,29+,30-,32+/m1/s1. The first kappa shape index (κ1) is 34.4. The van der Waals surface area contributed by atoms with Gasteiger partial charge in [0.05, 0.1) is 0 Å². The van der Waals surface area contributed by atoms with E-state index in [0.29, 0.717) is 23.5 Å². The fraction of sp³-hybridized carbons (Fsp3) is 0.394. The average molecular weight is 683 g/mol. The highest BCUT2D eigenvalue weighted by Crippen LogP contribution is 2.38. The summed E-state index contributed by atoms with van der Waals surface area (Å²) >= 11 is 0.947. The van der Waals surface area contributed by atoms with E-state index in [1.165, 1.54) is 11.8 Å². The molecule has 0 saturated carbocycles. The third kappa shape index (κ3) is 8.52. The fourth-order valence-electron chi connectivity index (χ4n) is 5.25. The molecule has 15 heteroatoms. The van der Waals surface area contributed by atoms with Gasteiger partial charge in [0, 0.05) is 34.2 Å². The van der Waals surface area contributed by atoms with E-state index in [9.17, 15) is 24.0 Å². The number of carbonyl (C=O) groups is 5. The Balaban J connectivity index is 1.51. The van der Waals surface area contributed by atoms with Gasteiger partial charge in [-0.3, -0.25) is 28.9 Å². The molecule has 254 valence electrons. The van der Waals surface area contributed by atoms with Crippen LogP contribution in [-0.2, 0) is 54.1 Å². The van der Waals surface area contributed by atoms with Crippen molar-refractivity contribution in [3.05, 3.63) is 65.4 Å². The highest BCUT2D eigenvalue weighted by Gasteiger charge is 2.53. The number of aliphatic imine (C=N–C) groups is 1. The van der Waals surface area contributed by atoms with Crippen LogP contribution in [0.1, 0.15) is 38.8 Å². The molecule has 0 unspecified atom stereocenters. The normalized spacial score (nSPS) is 23.8. The molecule has 14 nitrogen and oxygen atoms in total. The molecule has 0 aliphatic carbocycles. The molecule has 3 aliphatic rings. The van der Waals surface area contributed by atoms with Crippen molar-refractivity contribution in [3.8, 4) is 11.5 Å². The van der Waals surface area contributed by atoms with Crippen molar-refractivity contribution >= 4 is 52.8 Å². The maximum atomic E-state index is 13.9. The summed E-state index contributed by atoms with van der Waals surface area (Å²) in [6.07, 6.45) is -3.05. The Hall–Kier alpha value is -4.89. The van der Waals surface area contributed by atoms with Gasteiger partial charge in [-0.15, -0.1) is 0 Å². The minimum Gasteiger partial charge on any atom is -0.463 e. The van der Waals surface area contributed by atoms with Gasteiger partial charge in [-0.1, -0.05) is 48.2 Å². The molecule has 48 heavy (non-hydrogen) atoms. The first-order valence-corrected chi connectivity index (χ1v) is 15.9. The number of amidine groups is 1. The Bertz CT molecular complexity index is 1630. The molecular weight excluding hydrogens is 648 g/mol. The van der Waals surface area contributed by atoms with Gasteiger partial charge >= 0.3 is 23.9 Å². The van der Waals surface area contributed by atoms with Crippen LogP contribution in [0.4, 0.5) is 0 Å². The van der Waals surface area contributed by atoms with Crippen LogP contribution >= 0.6 is 11.8 Å². The van der Waals surface area contributed by atoms with E-state index in [1.807, 2.05) is 30.3 Å². The molecule has 1 saturated heterocycles.